The Hall–Kier alpha value is -1.33. The molecule has 0 amide bonds. The molecule has 0 bridgehead atoms. The zero-order valence-corrected chi connectivity index (χ0v) is 12.1. The van der Waals surface area contributed by atoms with Crippen LogP contribution in [0.5, 0.6) is 0 Å². The van der Waals surface area contributed by atoms with E-state index in [1.807, 2.05) is 0 Å². The first-order valence-electron chi connectivity index (χ1n) is 6.44. The maximum absolute atomic E-state index is 5.86. The second-order valence-corrected chi connectivity index (χ2v) is 5.63. The van der Waals surface area contributed by atoms with Gasteiger partial charge in [-0.15, -0.1) is 11.8 Å². The molecular weight excluding hydrogens is 258 g/mol. The van der Waals surface area contributed by atoms with Crippen molar-refractivity contribution >= 4 is 11.8 Å². The molecule has 0 saturated carbocycles. The quantitative estimate of drug-likeness (QED) is 0.822. The largest absolute Gasteiger partial charge is 0.339 e. The van der Waals surface area contributed by atoms with Crippen LogP contribution in [0.15, 0.2) is 33.7 Å². The molecule has 2 N–H and O–H groups in total. The number of nitrogens with two attached hydrogens (primary N) is 1. The smallest absolute Gasteiger partial charge is 0.228 e. The molecule has 1 aromatic heterocycles. The van der Waals surface area contributed by atoms with E-state index in [0.717, 1.165) is 12.2 Å². The standard InChI is InChI=1S/C14H19N3OS/c1-3-11(15)8-14-16-13(17-18-14)9-19-12-6-4-5-10(2)7-12/h4-7,11H,3,8-9,15H2,1-2H3. The maximum Gasteiger partial charge on any atom is 0.228 e. The van der Waals surface area contributed by atoms with E-state index in [4.69, 9.17) is 10.3 Å². The highest BCUT2D eigenvalue weighted by molar-refractivity contribution is 7.98. The summed E-state index contributed by atoms with van der Waals surface area (Å²) in [5.41, 5.74) is 7.12. The van der Waals surface area contributed by atoms with Crippen LogP contribution in [-0.2, 0) is 12.2 Å². The number of hydrogen-bond acceptors (Lipinski definition) is 5. The summed E-state index contributed by atoms with van der Waals surface area (Å²) in [6.45, 7) is 4.14. The summed E-state index contributed by atoms with van der Waals surface area (Å²) in [5, 5.41) is 3.98. The zero-order valence-electron chi connectivity index (χ0n) is 11.3. The van der Waals surface area contributed by atoms with E-state index in [9.17, 15) is 0 Å². The number of rotatable bonds is 6. The third-order valence-electron chi connectivity index (χ3n) is 2.83. The number of nitrogens with zero attached hydrogens (tertiary/aromatic N) is 2. The lowest BCUT2D eigenvalue weighted by Gasteiger charge is -2.02. The van der Waals surface area contributed by atoms with Crippen LogP contribution in [0.25, 0.3) is 0 Å². The van der Waals surface area contributed by atoms with Gasteiger partial charge in [-0.3, -0.25) is 0 Å². The lowest BCUT2D eigenvalue weighted by Crippen LogP contribution is -2.21. The molecule has 1 atom stereocenters. The van der Waals surface area contributed by atoms with Gasteiger partial charge in [-0.25, -0.2) is 0 Å². The van der Waals surface area contributed by atoms with Crippen molar-refractivity contribution in [2.24, 2.45) is 5.73 Å². The Labute approximate surface area is 117 Å². The number of benzene rings is 1. The topological polar surface area (TPSA) is 64.9 Å². The lowest BCUT2D eigenvalue weighted by molar-refractivity contribution is 0.364. The molecule has 0 aliphatic carbocycles. The Morgan fingerprint density at radius 1 is 1.42 bits per heavy atom. The van der Waals surface area contributed by atoms with Crippen molar-refractivity contribution in [1.82, 2.24) is 10.1 Å². The molecule has 1 aromatic carbocycles. The molecule has 102 valence electrons. The number of thioether (sulfide) groups is 1. The van der Waals surface area contributed by atoms with Gasteiger partial charge in [0.25, 0.3) is 0 Å². The van der Waals surface area contributed by atoms with Crippen LogP contribution >= 0.6 is 11.8 Å². The predicted molar refractivity (Wildman–Crippen MR) is 77.0 cm³/mol. The fraction of sp³-hybridized carbons (Fsp3) is 0.429. The van der Waals surface area contributed by atoms with Crippen LogP contribution in [0.3, 0.4) is 0 Å². The predicted octanol–water partition coefficient (Wildman–Crippen LogP) is 2.95. The van der Waals surface area contributed by atoms with E-state index in [2.05, 4.69) is 48.3 Å². The second-order valence-electron chi connectivity index (χ2n) is 4.58. The van der Waals surface area contributed by atoms with Crippen LogP contribution in [-0.4, -0.2) is 16.2 Å². The van der Waals surface area contributed by atoms with E-state index in [1.165, 1.54) is 10.5 Å². The third kappa shape index (κ3) is 4.36. The molecule has 0 aliphatic heterocycles. The second kappa shape index (κ2) is 6.73. The number of aryl methyl sites for hydroxylation is 1. The first-order valence-corrected chi connectivity index (χ1v) is 7.42. The minimum Gasteiger partial charge on any atom is -0.339 e. The summed E-state index contributed by atoms with van der Waals surface area (Å²) in [4.78, 5) is 5.58. The van der Waals surface area contributed by atoms with Crippen molar-refractivity contribution in [2.75, 3.05) is 0 Å². The van der Waals surface area contributed by atoms with E-state index in [1.54, 1.807) is 11.8 Å². The van der Waals surface area contributed by atoms with E-state index in [0.29, 0.717) is 18.1 Å². The Morgan fingerprint density at radius 3 is 3.00 bits per heavy atom. The van der Waals surface area contributed by atoms with Gasteiger partial charge in [0.2, 0.25) is 5.89 Å². The summed E-state index contributed by atoms with van der Waals surface area (Å²) < 4.78 is 5.19. The highest BCUT2D eigenvalue weighted by atomic mass is 32.2. The van der Waals surface area contributed by atoms with Crippen LogP contribution < -0.4 is 5.73 Å². The zero-order chi connectivity index (χ0) is 13.7. The Bertz CT molecular complexity index is 527. The molecule has 4 nitrogen and oxygen atoms in total. The summed E-state index contributed by atoms with van der Waals surface area (Å²) >= 11 is 1.71. The van der Waals surface area contributed by atoms with E-state index >= 15 is 0 Å². The molecule has 2 aromatic rings. The highest BCUT2D eigenvalue weighted by Gasteiger charge is 2.10. The molecule has 5 heteroatoms. The fourth-order valence-corrected chi connectivity index (χ4v) is 2.51. The maximum atomic E-state index is 5.86. The highest BCUT2D eigenvalue weighted by Crippen LogP contribution is 2.22. The van der Waals surface area contributed by atoms with Gasteiger partial charge in [0.15, 0.2) is 5.82 Å². The van der Waals surface area contributed by atoms with Crippen LogP contribution in [0, 0.1) is 6.92 Å². The first-order chi connectivity index (χ1) is 9.17. The van der Waals surface area contributed by atoms with Crippen molar-refractivity contribution in [2.45, 2.75) is 43.4 Å². The van der Waals surface area contributed by atoms with Gasteiger partial charge >= 0.3 is 0 Å². The molecule has 0 aliphatic rings. The summed E-state index contributed by atoms with van der Waals surface area (Å²) in [6.07, 6.45) is 1.56. The minimum absolute atomic E-state index is 0.0951. The van der Waals surface area contributed by atoms with Crippen molar-refractivity contribution in [1.29, 1.82) is 0 Å². The SMILES string of the molecule is CCC(N)Cc1nc(CSc2cccc(C)c2)no1. The molecule has 19 heavy (non-hydrogen) atoms. The summed E-state index contributed by atoms with van der Waals surface area (Å²) in [6, 6.07) is 8.48. The van der Waals surface area contributed by atoms with Crippen molar-refractivity contribution in [3.05, 3.63) is 41.5 Å². The van der Waals surface area contributed by atoms with Gasteiger partial charge in [0, 0.05) is 17.4 Å². The average molecular weight is 277 g/mol. The van der Waals surface area contributed by atoms with Crippen molar-refractivity contribution in [3.8, 4) is 0 Å². The van der Waals surface area contributed by atoms with Gasteiger partial charge in [-0.05, 0) is 25.5 Å². The minimum atomic E-state index is 0.0951. The molecule has 2 rings (SSSR count). The Morgan fingerprint density at radius 2 is 2.26 bits per heavy atom. The van der Waals surface area contributed by atoms with E-state index in [-0.39, 0.29) is 6.04 Å². The molecule has 1 unspecified atom stereocenters. The molecule has 0 radical (unpaired) electrons. The number of aromatic nitrogens is 2. The van der Waals surface area contributed by atoms with Gasteiger partial charge in [0.05, 0.1) is 5.75 Å². The summed E-state index contributed by atoms with van der Waals surface area (Å²) in [7, 11) is 0. The van der Waals surface area contributed by atoms with Crippen LogP contribution in [0.4, 0.5) is 0 Å². The molecular formula is C14H19N3OS. The molecule has 0 spiro atoms. The fourth-order valence-electron chi connectivity index (χ4n) is 1.65. The number of hydrogen-bond donors (Lipinski definition) is 1. The average Bonchev–Trinajstić information content (AvgIpc) is 2.84. The monoisotopic (exact) mass is 277 g/mol. The Kier molecular flexibility index (Phi) is 4.99. The normalized spacial score (nSPS) is 12.6. The van der Waals surface area contributed by atoms with Gasteiger partial charge in [-0.2, -0.15) is 4.98 Å². The van der Waals surface area contributed by atoms with Crippen LogP contribution in [0.1, 0.15) is 30.6 Å². The lowest BCUT2D eigenvalue weighted by atomic mass is 10.2. The Balaban J connectivity index is 1.90. The first kappa shape index (κ1) is 14.1. The van der Waals surface area contributed by atoms with Gasteiger partial charge in [-0.1, -0.05) is 29.8 Å². The van der Waals surface area contributed by atoms with Crippen molar-refractivity contribution in [3.63, 3.8) is 0 Å². The molecule has 0 fully saturated rings. The molecule has 1 heterocycles. The van der Waals surface area contributed by atoms with E-state index < -0.39 is 0 Å². The summed E-state index contributed by atoms with van der Waals surface area (Å²) in [5.74, 6) is 2.08. The van der Waals surface area contributed by atoms with Crippen LogP contribution in [0.2, 0.25) is 0 Å². The third-order valence-corrected chi connectivity index (χ3v) is 3.82. The molecule has 0 saturated heterocycles. The van der Waals surface area contributed by atoms with Crippen molar-refractivity contribution < 1.29 is 4.52 Å². The van der Waals surface area contributed by atoms with Gasteiger partial charge < -0.3 is 10.3 Å². The van der Waals surface area contributed by atoms with Gasteiger partial charge in [0.1, 0.15) is 0 Å².